The smallest absolute Gasteiger partial charge is 0.390 e. The minimum Gasteiger partial charge on any atom is -0.390 e. The van der Waals surface area contributed by atoms with E-state index >= 15 is 0 Å². The van der Waals surface area contributed by atoms with Crippen LogP contribution < -0.4 is 5.32 Å². The van der Waals surface area contributed by atoms with E-state index < -0.39 is 41.4 Å². The molecule has 43 heavy (non-hydrogen) atoms. The Balaban J connectivity index is 1.52. The van der Waals surface area contributed by atoms with E-state index in [0.717, 1.165) is 56.6 Å². The van der Waals surface area contributed by atoms with Gasteiger partial charge in [0.25, 0.3) is 11.8 Å². The average molecular weight is 605 g/mol. The number of alkyl halides is 6. The molecule has 2 aromatic carbocycles. The first-order valence-electron chi connectivity index (χ1n) is 13.7. The lowest BCUT2D eigenvalue weighted by Gasteiger charge is -2.28. The Hall–Kier alpha value is -4.10. The summed E-state index contributed by atoms with van der Waals surface area (Å²) in [6, 6.07) is 5.93. The number of halogens is 6. The summed E-state index contributed by atoms with van der Waals surface area (Å²) in [5.74, 6) is -1.79. The zero-order valence-electron chi connectivity index (χ0n) is 22.6. The molecule has 2 aliphatic rings. The number of fused-ring (bicyclic) bond motifs is 2. The third-order valence-corrected chi connectivity index (χ3v) is 8.01. The van der Waals surface area contributed by atoms with Gasteiger partial charge in [0.05, 0.1) is 28.4 Å². The van der Waals surface area contributed by atoms with Gasteiger partial charge in [-0.1, -0.05) is 6.42 Å². The molecule has 0 spiro atoms. The molecule has 0 radical (unpaired) electrons. The maximum atomic E-state index is 13.8. The summed E-state index contributed by atoms with van der Waals surface area (Å²) in [5, 5.41) is 13.1. The first kappa shape index (κ1) is 29.0. The number of hydrogen-bond acceptors (Lipinski definition) is 4. The van der Waals surface area contributed by atoms with Crippen molar-refractivity contribution < 1.29 is 41.0 Å². The summed E-state index contributed by atoms with van der Waals surface area (Å²) in [6.45, 7) is 1.99. The topological polar surface area (TPSA) is 90.4 Å². The number of β-amino-alcohol motifs (C(OH)–C–C–N with tert-alkyl or cyclic N) is 1. The van der Waals surface area contributed by atoms with Gasteiger partial charge in [-0.2, -0.15) is 26.3 Å². The Morgan fingerprint density at radius 1 is 0.791 bits per heavy atom. The first-order chi connectivity index (χ1) is 20.3. The van der Waals surface area contributed by atoms with Crippen LogP contribution in [0.15, 0.2) is 48.8 Å². The third-order valence-electron chi connectivity index (χ3n) is 8.01. The second-order valence-electron chi connectivity index (χ2n) is 10.9. The van der Waals surface area contributed by atoms with Crippen molar-refractivity contribution in [2.75, 3.05) is 19.6 Å². The molecule has 1 saturated heterocycles. The van der Waals surface area contributed by atoms with Crippen LogP contribution in [0, 0.1) is 0 Å². The van der Waals surface area contributed by atoms with Crippen molar-refractivity contribution in [3.8, 4) is 0 Å². The number of carbonyl (C=O) groups is 2. The summed E-state index contributed by atoms with van der Waals surface area (Å²) < 4.78 is 83.3. The second-order valence-corrected chi connectivity index (χ2v) is 10.9. The number of rotatable bonds is 6. The molecule has 4 aromatic rings. The minimum absolute atomic E-state index is 0.00142. The SMILES string of the molecule is O=C1NC(=O)C(c2cn(CC(O)CN3CCCCC3)c3ccc(C(F)(F)F)cc23)=C1c1c[nH]c2ccc(C(F)(F)F)cc12. The molecule has 6 rings (SSSR count). The lowest BCUT2D eigenvalue weighted by molar-refractivity contribution is -0.138. The molecule has 2 aromatic heterocycles. The van der Waals surface area contributed by atoms with Gasteiger partial charge in [-0.3, -0.25) is 14.9 Å². The zero-order valence-corrected chi connectivity index (χ0v) is 22.6. The van der Waals surface area contributed by atoms with E-state index in [2.05, 4.69) is 15.2 Å². The van der Waals surface area contributed by atoms with Gasteiger partial charge in [0.15, 0.2) is 0 Å². The van der Waals surface area contributed by atoms with Crippen LogP contribution in [0.25, 0.3) is 33.0 Å². The number of likely N-dealkylation sites (tertiary alicyclic amines) is 1. The number of aromatic nitrogens is 2. The van der Waals surface area contributed by atoms with E-state index in [1.807, 2.05) is 0 Å². The molecule has 0 saturated carbocycles. The number of imide groups is 1. The maximum absolute atomic E-state index is 13.8. The average Bonchev–Trinajstić information content (AvgIpc) is 3.60. The van der Waals surface area contributed by atoms with Crippen LogP contribution in [0.2, 0.25) is 0 Å². The predicted molar refractivity (Wildman–Crippen MR) is 147 cm³/mol. The maximum Gasteiger partial charge on any atom is 0.416 e. The van der Waals surface area contributed by atoms with Gasteiger partial charge >= 0.3 is 12.4 Å². The van der Waals surface area contributed by atoms with Crippen LogP contribution in [0.5, 0.6) is 0 Å². The summed E-state index contributed by atoms with van der Waals surface area (Å²) in [7, 11) is 0. The predicted octanol–water partition coefficient (Wildman–Crippen LogP) is 5.57. The molecule has 1 unspecified atom stereocenters. The number of carbonyl (C=O) groups excluding carboxylic acids is 2. The number of aliphatic hydroxyl groups is 1. The van der Waals surface area contributed by atoms with Crippen LogP contribution in [0.3, 0.4) is 0 Å². The van der Waals surface area contributed by atoms with E-state index in [4.69, 9.17) is 0 Å². The number of amides is 2. The van der Waals surface area contributed by atoms with E-state index in [-0.39, 0.29) is 50.6 Å². The van der Waals surface area contributed by atoms with Crippen LogP contribution in [0.4, 0.5) is 26.3 Å². The Bertz CT molecular complexity index is 1780. The summed E-state index contributed by atoms with van der Waals surface area (Å²) in [6.07, 6.45) is -4.46. The number of hydrogen-bond donors (Lipinski definition) is 3. The molecular formula is C30H26F6N4O3. The molecule has 1 fully saturated rings. The van der Waals surface area contributed by atoms with Gasteiger partial charge in [0.1, 0.15) is 0 Å². The largest absolute Gasteiger partial charge is 0.416 e. The van der Waals surface area contributed by atoms with Gasteiger partial charge in [-0.05, 0) is 62.3 Å². The van der Waals surface area contributed by atoms with Crippen LogP contribution in [-0.2, 0) is 28.5 Å². The van der Waals surface area contributed by atoms with Gasteiger partial charge in [-0.25, -0.2) is 0 Å². The molecule has 7 nitrogen and oxygen atoms in total. The lowest BCUT2D eigenvalue weighted by atomic mass is 9.94. The zero-order chi connectivity index (χ0) is 30.7. The Morgan fingerprint density at radius 3 is 2.05 bits per heavy atom. The van der Waals surface area contributed by atoms with Crippen molar-refractivity contribution >= 4 is 44.8 Å². The molecule has 3 N–H and O–H groups in total. The lowest BCUT2D eigenvalue weighted by Crippen LogP contribution is -2.37. The third kappa shape index (κ3) is 5.42. The van der Waals surface area contributed by atoms with E-state index in [9.17, 15) is 41.0 Å². The standard InChI is InChI=1S/C30H26F6N4O3/c31-29(32,33)16-4-6-23-19(10-16)21(12-37-23)25-26(28(43)38-27(25)42)22-15-40(14-18(41)13-39-8-2-1-3-9-39)24-7-5-17(11-20(22)24)30(34,35)36/h4-7,10-12,15,18,37,41H,1-3,8-9,13-14H2,(H,38,42,43). The molecule has 0 aliphatic carbocycles. The Morgan fingerprint density at radius 2 is 1.40 bits per heavy atom. The van der Waals surface area contributed by atoms with Gasteiger partial charge < -0.3 is 19.6 Å². The fraction of sp³-hybridized carbons (Fsp3) is 0.333. The van der Waals surface area contributed by atoms with Crippen LogP contribution in [-0.4, -0.2) is 57.1 Å². The fourth-order valence-corrected chi connectivity index (χ4v) is 6.02. The van der Waals surface area contributed by atoms with E-state index in [1.165, 1.54) is 29.1 Å². The van der Waals surface area contributed by atoms with Crippen molar-refractivity contribution in [2.24, 2.45) is 0 Å². The van der Waals surface area contributed by atoms with Crippen molar-refractivity contribution in [3.05, 3.63) is 71.0 Å². The van der Waals surface area contributed by atoms with E-state index in [1.54, 1.807) is 0 Å². The highest BCUT2D eigenvalue weighted by molar-refractivity contribution is 6.50. The van der Waals surface area contributed by atoms with Crippen molar-refractivity contribution in [3.63, 3.8) is 0 Å². The first-order valence-corrected chi connectivity index (χ1v) is 13.7. The molecule has 226 valence electrons. The number of nitrogens with one attached hydrogen (secondary N) is 2. The summed E-state index contributed by atoms with van der Waals surface area (Å²) in [5.41, 5.74) is -1.94. The van der Waals surface area contributed by atoms with Crippen molar-refractivity contribution in [2.45, 2.75) is 44.3 Å². The molecule has 2 amide bonds. The van der Waals surface area contributed by atoms with Gasteiger partial charge in [0, 0.05) is 58.4 Å². The number of aliphatic hydroxyl groups excluding tert-OH is 1. The molecular weight excluding hydrogens is 578 g/mol. The quantitative estimate of drug-likeness (QED) is 0.198. The number of piperidine rings is 1. The molecule has 1 atom stereocenters. The van der Waals surface area contributed by atoms with Crippen LogP contribution in [0.1, 0.15) is 41.5 Å². The van der Waals surface area contributed by atoms with Crippen LogP contribution >= 0.6 is 0 Å². The highest BCUT2D eigenvalue weighted by atomic mass is 19.4. The summed E-state index contributed by atoms with van der Waals surface area (Å²) >= 11 is 0. The van der Waals surface area contributed by atoms with Gasteiger partial charge in [-0.15, -0.1) is 0 Å². The minimum atomic E-state index is -4.71. The highest BCUT2D eigenvalue weighted by Gasteiger charge is 2.37. The number of benzene rings is 2. The monoisotopic (exact) mass is 604 g/mol. The normalized spacial score (nSPS) is 17.8. The van der Waals surface area contributed by atoms with Crippen molar-refractivity contribution in [1.82, 2.24) is 19.8 Å². The molecule has 2 aliphatic heterocycles. The second kappa shape index (κ2) is 10.6. The number of H-pyrrole nitrogens is 1. The fourth-order valence-electron chi connectivity index (χ4n) is 6.02. The number of aromatic amines is 1. The highest BCUT2D eigenvalue weighted by Crippen LogP contribution is 2.41. The van der Waals surface area contributed by atoms with Crippen molar-refractivity contribution in [1.29, 1.82) is 0 Å². The molecule has 4 heterocycles. The van der Waals surface area contributed by atoms with E-state index in [0.29, 0.717) is 6.54 Å². The molecule has 0 bridgehead atoms. The number of nitrogens with zero attached hydrogens (tertiary/aromatic N) is 2. The molecule has 13 heteroatoms. The summed E-state index contributed by atoms with van der Waals surface area (Å²) in [4.78, 5) is 31.2. The Kier molecular flexibility index (Phi) is 7.12. The Labute approximate surface area is 240 Å². The van der Waals surface area contributed by atoms with Gasteiger partial charge in [0.2, 0.25) is 0 Å².